The number of alkyl halides is 3. The van der Waals surface area contributed by atoms with Crippen LogP contribution in [0, 0.1) is 0 Å². The lowest BCUT2D eigenvalue weighted by Gasteiger charge is -2.10. The Morgan fingerprint density at radius 3 is 2.38 bits per heavy atom. The second kappa shape index (κ2) is 10.3. The maximum absolute atomic E-state index is 13.0. The van der Waals surface area contributed by atoms with E-state index < -0.39 is 22.7 Å². The van der Waals surface area contributed by atoms with Gasteiger partial charge in [-0.15, -0.1) is 11.3 Å². The van der Waals surface area contributed by atoms with Gasteiger partial charge in [0.25, 0.3) is 5.91 Å². The molecule has 0 aromatic carbocycles. The Hall–Kier alpha value is -3.25. The molecule has 1 atom stereocenters. The second-order valence-electron chi connectivity index (χ2n) is 7.16. The van der Waals surface area contributed by atoms with Gasteiger partial charge in [0.15, 0.2) is 11.6 Å². The first-order valence-corrected chi connectivity index (χ1v) is 11.1. The van der Waals surface area contributed by atoms with Crippen molar-refractivity contribution in [2.45, 2.75) is 38.8 Å². The summed E-state index contributed by atoms with van der Waals surface area (Å²) in [5, 5.41) is 2.17. The molecule has 0 saturated carbocycles. The van der Waals surface area contributed by atoms with Gasteiger partial charge >= 0.3 is 6.18 Å². The predicted octanol–water partition coefficient (Wildman–Crippen LogP) is 5.22. The topological polar surface area (TPSA) is 115 Å². The summed E-state index contributed by atoms with van der Waals surface area (Å²) in [5.41, 5.74) is -0.862. The number of rotatable bonds is 8. The number of anilines is 1. The number of ketones is 2. The van der Waals surface area contributed by atoms with E-state index in [1.807, 2.05) is 0 Å². The van der Waals surface area contributed by atoms with Gasteiger partial charge < -0.3 is 5.32 Å². The van der Waals surface area contributed by atoms with Crippen LogP contribution < -0.4 is 5.32 Å². The molecule has 0 aliphatic rings. The molecule has 0 aliphatic carbocycles. The van der Waals surface area contributed by atoms with Crippen molar-refractivity contribution in [3.63, 3.8) is 0 Å². The van der Waals surface area contributed by atoms with Crippen molar-refractivity contribution in [2.24, 2.45) is 0 Å². The van der Waals surface area contributed by atoms with E-state index in [4.69, 9.17) is 11.6 Å². The Balaban J connectivity index is 1.68. The van der Waals surface area contributed by atoms with Crippen LogP contribution in [0.25, 0.3) is 0 Å². The zero-order chi connectivity index (χ0) is 25.0. The van der Waals surface area contributed by atoms with Crippen molar-refractivity contribution < 1.29 is 27.6 Å². The van der Waals surface area contributed by atoms with E-state index in [1.165, 1.54) is 12.3 Å². The number of thiazole rings is 1. The fourth-order valence-corrected chi connectivity index (χ4v) is 3.91. The molecule has 3 aromatic rings. The van der Waals surface area contributed by atoms with Crippen molar-refractivity contribution in [2.75, 3.05) is 5.32 Å². The van der Waals surface area contributed by atoms with Gasteiger partial charge in [0, 0.05) is 25.0 Å². The number of nitrogens with zero attached hydrogens (tertiary/aromatic N) is 4. The molecule has 0 bridgehead atoms. The molecule has 13 heteroatoms. The van der Waals surface area contributed by atoms with Gasteiger partial charge in [-0.1, -0.05) is 25.4 Å². The molecule has 3 rings (SSSR count). The lowest BCUT2D eigenvalue weighted by molar-refractivity contribution is -0.137. The van der Waals surface area contributed by atoms with Crippen LogP contribution in [0.3, 0.4) is 0 Å². The fourth-order valence-electron chi connectivity index (χ4n) is 2.84. The Labute approximate surface area is 200 Å². The van der Waals surface area contributed by atoms with Crippen LogP contribution in [0.2, 0.25) is 5.02 Å². The van der Waals surface area contributed by atoms with Crippen molar-refractivity contribution in [1.82, 2.24) is 19.9 Å². The van der Waals surface area contributed by atoms with E-state index >= 15 is 0 Å². The summed E-state index contributed by atoms with van der Waals surface area (Å²) in [6.07, 6.45) is -1.22. The molecule has 0 fully saturated rings. The SMILES string of the molecule is CCC(=O)c1cc(C(=O)CC(C)c2ncc(C(=O)Nc3cc(C(F)(F)F)c(Cl)cn3)s2)ncn1. The standard InChI is InChI=1S/C21H17ClF3N5O3S/c1-3-15(31)13-6-14(29-9-28-13)16(32)4-10(2)20-27-8-17(34-20)19(33)30-18-5-11(21(23,24)25)12(22)7-26-18/h5-10H,3-4H2,1-2H3,(H,26,30,33). The minimum absolute atomic E-state index is 0.0129. The first-order valence-electron chi connectivity index (χ1n) is 9.87. The lowest BCUT2D eigenvalue weighted by atomic mass is 10.0. The minimum atomic E-state index is -4.70. The van der Waals surface area contributed by atoms with E-state index in [2.05, 4.69) is 25.3 Å². The second-order valence-corrected chi connectivity index (χ2v) is 8.63. The Morgan fingerprint density at radius 1 is 1.06 bits per heavy atom. The number of halogens is 4. The van der Waals surface area contributed by atoms with E-state index in [0.717, 1.165) is 23.9 Å². The third-order valence-corrected chi connectivity index (χ3v) is 6.15. The summed E-state index contributed by atoms with van der Waals surface area (Å²) in [4.78, 5) is 52.6. The average molecular weight is 512 g/mol. The van der Waals surface area contributed by atoms with Crippen molar-refractivity contribution in [3.05, 3.63) is 62.7 Å². The van der Waals surface area contributed by atoms with Crippen LogP contribution in [0.4, 0.5) is 19.0 Å². The lowest BCUT2D eigenvalue weighted by Crippen LogP contribution is -2.13. The number of nitrogens with one attached hydrogen (secondary N) is 1. The first-order chi connectivity index (χ1) is 16.0. The summed E-state index contributed by atoms with van der Waals surface area (Å²) in [5.74, 6) is -1.95. The molecular weight excluding hydrogens is 495 g/mol. The average Bonchev–Trinajstić information content (AvgIpc) is 3.30. The van der Waals surface area contributed by atoms with Gasteiger partial charge in [0.2, 0.25) is 0 Å². The summed E-state index contributed by atoms with van der Waals surface area (Å²) < 4.78 is 39.0. The highest BCUT2D eigenvalue weighted by Gasteiger charge is 2.34. The van der Waals surface area contributed by atoms with Crippen LogP contribution >= 0.6 is 22.9 Å². The summed E-state index contributed by atoms with van der Waals surface area (Å²) in [6, 6.07) is 1.98. The Bertz CT molecular complexity index is 1250. The number of hydrogen-bond donors (Lipinski definition) is 1. The molecule has 0 aliphatic heterocycles. The fraction of sp³-hybridized carbons (Fsp3) is 0.286. The third-order valence-electron chi connectivity index (χ3n) is 4.62. The van der Waals surface area contributed by atoms with Crippen molar-refractivity contribution in [1.29, 1.82) is 0 Å². The number of aromatic nitrogens is 4. The molecule has 8 nitrogen and oxygen atoms in total. The first kappa shape index (κ1) is 25.4. The van der Waals surface area contributed by atoms with E-state index in [9.17, 15) is 27.6 Å². The molecule has 1 unspecified atom stereocenters. The summed E-state index contributed by atoms with van der Waals surface area (Å²) in [7, 11) is 0. The number of amides is 1. The molecule has 3 heterocycles. The van der Waals surface area contributed by atoms with Crippen LogP contribution in [0.15, 0.2) is 30.9 Å². The zero-order valence-corrected chi connectivity index (χ0v) is 19.4. The van der Waals surface area contributed by atoms with Crippen LogP contribution in [-0.2, 0) is 6.18 Å². The molecule has 1 amide bonds. The minimum Gasteiger partial charge on any atom is -0.306 e. The van der Waals surface area contributed by atoms with Crippen molar-refractivity contribution >= 4 is 46.2 Å². The molecular formula is C21H17ClF3N5O3S. The number of carbonyl (C=O) groups is 3. The highest BCUT2D eigenvalue weighted by molar-refractivity contribution is 7.13. The molecule has 0 saturated heterocycles. The smallest absolute Gasteiger partial charge is 0.306 e. The molecule has 1 N–H and O–H groups in total. The quantitative estimate of drug-likeness (QED) is 0.412. The maximum Gasteiger partial charge on any atom is 0.418 e. The third kappa shape index (κ3) is 6.00. The zero-order valence-electron chi connectivity index (χ0n) is 17.8. The van der Waals surface area contributed by atoms with E-state index in [0.29, 0.717) is 11.1 Å². The van der Waals surface area contributed by atoms with Gasteiger partial charge in [0.1, 0.15) is 28.4 Å². The largest absolute Gasteiger partial charge is 0.418 e. The van der Waals surface area contributed by atoms with Gasteiger partial charge in [-0.2, -0.15) is 13.2 Å². The number of pyridine rings is 1. The Kier molecular flexibility index (Phi) is 7.72. The monoisotopic (exact) mass is 511 g/mol. The van der Waals surface area contributed by atoms with Gasteiger partial charge in [-0.05, 0) is 12.1 Å². The van der Waals surface area contributed by atoms with Crippen LogP contribution in [0.1, 0.15) is 73.8 Å². The van der Waals surface area contributed by atoms with Gasteiger partial charge in [0.05, 0.1) is 21.8 Å². The van der Waals surface area contributed by atoms with Gasteiger partial charge in [-0.3, -0.25) is 14.4 Å². The normalized spacial score (nSPS) is 12.3. The number of hydrogen-bond acceptors (Lipinski definition) is 8. The summed E-state index contributed by atoms with van der Waals surface area (Å²) >= 11 is 6.53. The van der Waals surface area contributed by atoms with Crippen LogP contribution in [-0.4, -0.2) is 37.4 Å². The predicted molar refractivity (Wildman–Crippen MR) is 118 cm³/mol. The van der Waals surface area contributed by atoms with E-state index in [1.54, 1.807) is 13.8 Å². The highest BCUT2D eigenvalue weighted by Crippen LogP contribution is 2.35. The molecule has 0 radical (unpaired) electrons. The Morgan fingerprint density at radius 2 is 1.74 bits per heavy atom. The van der Waals surface area contributed by atoms with Crippen LogP contribution in [0.5, 0.6) is 0 Å². The molecule has 34 heavy (non-hydrogen) atoms. The summed E-state index contributed by atoms with van der Waals surface area (Å²) in [6.45, 7) is 3.41. The number of Topliss-reactive ketones (excluding diaryl/α,β-unsaturated/α-hetero) is 2. The molecule has 178 valence electrons. The molecule has 0 spiro atoms. The number of carbonyl (C=O) groups excluding carboxylic acids is 3. The van der Waals surface area contributed by atoms with E-state index in [-0.39, 0.29) is 52.4 Å². The highest BCUT2D eigenvalue weighted by atomic mass is 35.5. The van der Waals surface area contributed by atoms with Crippen molar-refractivity contribution in [3.8, 4) is 0 Å². The maximum atomic E-state index is 13.0. The molecule has 3 aromatic heterocycles. The van der Waals surface area contributed by atoms with Gasteiger partial charge in [-0.25, -0.2) is 19.9 Å².